The lowest BCUT2D eigenvalue weighted by Gasteiger charge is -2.16. The first-order valence-electron chi connectivity index (χ1n) is 10.1. The van der Waals surface area contributed by atoms with E-state index < -0.39 is 5.91 Å². The van der Waals surface area contributed by atoms with Crippen molar-refractivity contribution in [2.45, 2.75) is 6.54 Å². The standard InChI is InChI=1S/C24H17N3O4S2/c28-19(25-15-7-2-1-3-8-15)14-26-18-11-5-4-10-17(18)20(22(26)29)21-23(30)27(24(32)33-21)13-16-9-6-12-31-16/h1-12H,13-14H2,(H,25,28)/b21-20-. The van der Waals surface area contributed by atoms with E-state index in [1.165, 1.54) is 16.1 Å². The van der Waals surface area contributed by atoms with E-state index in [1.807, 2.05) is 18.2 Å². The number of furan rings is 1. The summed E-state index contributed by atoms with van der Waals surface area (Å²) >= 11 is 6.51. The highest BCUT2D eigenvalue weighted by atomic mass is 32.2. The zero-order chi connectivity index (χ0) is 22.9. The number of nitrogens with zero attached hydrogens (tertiary/aromatic N) is 2. The first-order valence-corrected chi connectivity index (χ1v) is 11.3. The molecule has 0 unspecified atom stereocenters. The average Bonchev–Trinajstić information content (AvgIpc) is 3.49. The molecule has 3 amide bonds. The van der Waals surface area contributed by atoms with Crippen LogP contribution in [0.2, 0.25) is 0 Å². The third-order valence-electron chi connectivity index (χ3n) is 5.25. The second-order valence-corrected chi connectivity index (χ2v) is 9.01. The summed E-state index contributed by atoms with van der Waals surface area (Å²) in [5.74, 6) is -0.501. The van der Waals surface area contributed by atoms with Crippen LogP contribution in [0.3, 0.4) is 0 Å². The molecule has 1 N–H and O–H groups in total. The number of para-hydroxylation sites is 2. The molecule has 7 nitrogen and oxygen atoms in total. The summed E-state index contributed by atoms with van der Waals surface area (Å²) < 4.78 is 5.69. The van der Waals surface area contributed by atoms with Crippen LogP contribution in [-0.4, -0.2) is 33.5 Å². The van der Waals surface area contributed by atoms with Gasteiger partial charge in [0.1, 0.15) is 16.6 Å². The maximum atomic E-state index is 13.5. The number of fused-ring (bicyclic) bond motifs is 1. The zero-order valence-corrected chi connectivity index (χ0v) is 18.8. The lowest BCUT2D eigenvalue weighted by atomic mass is 10.1. The van der Waals surface area contributed by atoms with E-state index in [0.717, 1.165) is 11.8 Å². The number of hydrogen-bond donors (Lipinski definition) is 1. The van der Waals surface area contributed by atoms with Crippen molar-refractivity contribution in [2.24, 2.45) is 0 Å². The van der Waals surface area contributed by atoms with Crippen LogP contribution in [0.25, 0.3) is 5.57 Å². The molecule has 0 radical (unpaired) electrons. The van der Waals surface area contributed by atoms with E-state index in [0.29, 0.717) is 27.0 Å². The van der Waals surface area contributed by atoms with E-state index in [2.05, 4.69) is 5.32 Å². The summed E-state index contributed by atoms with van der Waals surface area (Å²) in [6.07, 6.45) is 1.53. The van der Waals surface area contributed by atoms with Gasteiger partial charge in [-0.15, -0.1) is 0 Å². The molecule has 0 atom stereocenters. The van der Waals surface area contributed by atoms with Crippen molar-refractivity contribution in [3.63, 3.8) is 0 Å². The van der Waals surface area contributed by atoms with Crippen LogP contribution < -0.4 is 10.2 Å². The van der Waals surface area contributed by atoms with Crippen LogP contribution in [0, 0.1) is 0 Å². The van der Waals surface area contributed by atoms with Gasteiger partial charge in [-0.25, -0.2) is 0 Å². The molecule has 0 aliphatic carbocycles. The fourth-order valence-electron chi connectivity index (χ4n) is 3.77. The van der Waals surface area contributed by atoms with Crippen molar-refractivity contribution < 1.29 is 18.8 Å². The van der Waals surface area contributed by atoms with Gasteiger partial charge < -0.3 is 9.73 Å². The molecule has 164 valence electrons. The van der Waals surface area contributed by atoms with Gasteiger partial charge in [0.15, 0.2) is 0 Å². The molecule has 1 fully saturated rings. The first-order chi connectivity index (χ1) is 16.0. The molecule has 2 aliphatic heterocycles. The number of carbonyl (C=O) groups excluding carboxylic acids is 3. The minimum atomic E-state index is -0.405. The number of rotatable bonds is 5. The molecule has 0 saturated carbocycles. The van der Waals surface area contributed by atoms with Crippen molar-refractivity contribution in [1.29, 1.82) is 0 Å². The highest BCUT2D eigenvalue weighted by Gasteiger charge is 2.42. The van der Waals surface area contributed by atoms with Gasteiger partial charge in [-0.05, 0) is 30.3 Å². The van der Waals surface area contributed by atoms with E-state index in [9.17, 15) is 14.4 Å². The molecular weight excluding hydrogens is 458 g/mol. The summed E-state index contributed by atoms with van der Waals surface area (Å²) in [6, 6.07) is 19.6. The predicted molar refractivity (Wildman–Crippen MR) is 130 cm³/mol. The number of nitrogens with one attached hydrogen (secondary N) is 1. The minimum absolute atomic E-state index is 0.180. The van der Waals surface area contributed by atoms with E-state index in [1.54, 1.807) is 48.5 Å². The number of anilines is 2. The predicted octanol–water partition coefficient (Wildman–Crippen LogP) is 4.04. The molecule has 9 heteroatoms. The SMILES string of the molecule is O=C(CN1C(=O)/C(=C2\SC(=S)N(Cc3ccco3)C2=O)c2ccccc21)Nc1ccccc1. The number of benzene rings is 2. The van der Waals surface area contributed by atoms with Crippen molar-refractivity contribution >= 4 is 63.0 Å². The molecule has 2 aromatic carbocycles. The van der Waals surface area contributed by atoms with Crippen molar-refractivity contribution in [3.05, 3.63) is 89.2 Å². The largest absolute Gasteiger partial charge is 0.467 e. The number of amides is 3. The number of carbonyl (C=O) groups is 3. The van der Waals surface area contributed by atoms with Crippen molar-refractivity contribution in [1.82, 2.24) is 4.90 Å². The van der Waals surface area contributed by atoms with Gasteiger partial charge in [-0.2, -0.15) is 0 Å². The average molecular weight is 476 g/mol. The maximum absolute atomic E-state index is 13.5. The van der Waals surface area contributed by atoms with Gasteiger partial charge in [0.25, 0.3) is 11.8 Å². The van der Waals surface area contributed by atoms with Gasteiger partial charge in [0, 0.05) is 11.3 Å². The summed E-state index contributed by atoms with van der Waals surface area (Å²) in [5, 5.41) is 2.79. The molecule has 0 spiro atoms. The summed E-state index contributed by atoms with van der Waals surface area (Å²) in [5.41, 5.74) is 2.09. The fraction of sp³-hybridized carbons (Fsp3) is 0.0833. The first kappa shape index (κ1) is 21.2. The highest BCUT2D eigenvalue weighted by molar-refractivity contribution is 8.26. The summed E-state index contributed by atoms with van der Waals surface area (Å²) in [4.78, 5) is 42.4. The third-order valence-corrected chi connectivity index (χ3v) is 6.70. The van der Waals surface area contributed by atoms with Gasteiger partial charge in [0.2, 0.25) is 5.91 Å². The Kier molecular flexibility index (Phi) is 5.57. The Morgan fingerprint density at radius 2 is 1.70 bits per heavy atom. The molecule has 33 heavy (non-hydrogen) atoms. The Bertz CT molecular complexity index is 1300. The Hall–Kier alpha value is -3.69. The topological polar surface area (TPSA) is 82.9 Å². The molecule has 3 aromatic rings. The Balaban J connectivity index is 1.45. The van der Waals surface area contributed by atoms with Crippen LogP contribution in [0.1, 0.15) is 11.3 Å². The van der Waals surface area contributed by atoms with Gasteiger partial charge in [-0.1, -0.05) is 60.4 Å². The lowest BCUT2D eigenvalue weighted by Crippen LogP contribution is -2.35. The highest BCUT2D eigenvalue weighted by Crippen LogP contribution is 2.44. The second-order valence-electron chi connectivity index (χ2n) is 7.37. The van der Waals surface area contributed by atoms with E-state index in [-0.39, 0.29) is 35.4 Å². The molecule has 3 heterocycles. The summed E-state index contributed by atoms with van der Waals surface area (Å²) in [6.45, 7) is 0.00835. The van der Waals surface area contributed by atoms with Crippen molar-refractivity contribution in [3.8, 4) is 0 Å². The third kappa shape index (κ3) is 3.96. The molecule has 2 aliphatic rings. The van der Waals surface area contributed by atoms with Crippen LogP contribution in [0.4, 0.5) is 11.4 Å². The Labute approximate surface area is 199 Å². The second kappa shape index (κ2) is 8.68. The molecule has 5 rings (SSSR count). The molecule has 1 saturated heterocycles. The fourth-order valence-corrected chi connectivity index (χ4v) is 5.09. The van der Waals surface area contributed by atoms with E-state index in [4.69, 9.17) is 16.6 Å². The van der Waals surface area contributed by atoms with Crippen LogP contribution in [-0.2, 0) is 20.9 Å². The van der Waals surface area contributed by atoms with Gasteiger partial charge in [-0.3, -0.25) is 24.2 Å². The summed E-state index contributed by atoms with van der Waals surface area (Å²) in [7, 11) is 0. The smallest absolute Gasteiger partial charge is 0.267 e. The number of thiocarbonyl (C=S) groups is 1. The van der Waals surface area contributed by atoms with Crippen LogP contribution in [0.5, 0.6) is 0 Å². The van der Waals surface area contributed by atoms with Crippen LogP contribution in [0.15, 0.2) is 82.3 Å². The molecule has 1 aromatic heterocycles. The molecular formula is C24H17N3O4S2. The maximum Gasteiger partial charge on any atom is 0.267 e. The molecule has 0 bridgehead atoms. The number of thioether (sulfide) groups is 1. The normalized spacial score (nSPS) is 17.6. The number of hydrogen-bond acceptors (Lipinski definition) is 6. The quantitative estimate of drug-likeness (QED) is 0.443. The van der Waals surface area contributed by atoms with Crippen LogP contribution >= 0.6 is 24.0 Å². The van der Waals surface area contributed by atoms with Crippen molar-refractivity contribution in [2.75, 3.05) is 16.8 Å². The zero-order valence-electron chi connectivity index (χ0n) is 17.2. The van der Waals surface area contributed by atoms with Gasteiger partial charge >= 0.3 is 0 Å². The lowest BCUT2D eigenvalue weighted by molar-refractivity contribution is -0.123. The van der Waals surface area contributed by atoms with Gasteiger partial charge in [0.05, 0.1) is 29.0 Å². The Morgan fingerprint density at radius 1 is 0.939 bits per heavy atom. The minimum Gasteiger partial charge on any atom is -0.467 e. The van der Waals surface area contributed by atoms with E-state index >= 15 is 0 Å². The Morgan fingerprint density at radius 3 is 2.45 bits per heavy atom. The monoisotopic (exact) mass is 475 g/mol.